The Kier molecular flexibility index (Phi) is 5.16. The van der Waals surface area contributed by atoms with E-state index in [1.54, 1.807) is 25.1 Å². The van der Waals surface area contributed by atoms with Gasteiger partial charge in [0.15, 0.2) is 0 Å². The molecular weight excluding hydrogens is 283 g/mol. The monoisotopic (exact) mass is 306 g/mol. The Labute approximate surface area is 130 Å². The molecule has 120 valence electrons. The summed E-state index contributed by atoms with van der Waals surface area (Å²) in [6, 6.07) is 5.76. The Morgan fingerprint density at radius 1 is 1.18 bits per heavy atom. The normalized spacial score (nSPS) is 21.3. The van der Waals surface area contributed by atoms with Gasteiger partial charge in [0.2, 0.25) is 0 Å². The van der Waals surface area contributed by atoms with E-state index in [0.29, 0.717) is 12.0 Å². The molecule has 1 N–H and O–H groups in total. The van der Waals surface area contributed by atoms with E-state index < -0.39 is 17.4 Å². The van der Waals surface area contributed by atoms with Gasteiger partial charge in [-0.3, -0.25) is 9.69 Å². The van der Waals surface area contributed by atoms with Gasteiger partial charge in [-0.2, -0.15) is 0 Å². The van der Waals surface area contributed by atoms with Gasteiger partial charge >= 0.3 is 6.03 Å². The van der Waals surface area contributed by atoms with Gasteiger partial charge in [0, 0.05) is 5.56 Å². The van der Waals surface area contributed by atoms with Crippen LogP contribution in [0.5, 0.6) is 0 Å². The molecule has 1 aromatic carbocycles. The van der Waals surface area contributed by atoms with Crippen LogP contribution >= 0.6 is 0 Å². The predicted molar refractivity (Wildman–Crippen MR) is 82.6 cm³/mol. The van der Waals surface area contributed by atoms with Crippen molar-refractivity contribution in [2.75, 3.05) is 0 Å². The lowest BCUT2D eigenvalue weighted by molar-refractivity contribution is -0.131. The minimum absolute atomic E-state index is 0.0259. The number of nitrogens with one attached hydrogen (secondary N) is 1. The summed E-state index contributed by atoms with van der Waals surface area (Å²) in [6.07, 6.45) is 4.80. The molecule has 22 heavy (non-hydrogen) atoms. The fraction of sp³-hybridized carbons (Fsp3) is 0.529. The molecule has 1 aliphatic heterocycles. The van der Waals surface area contributed by atoms with Gasteiger partial charge < -0.3 is 5.32 Å². The molecule has 2 rings (SSSR count). The van der Waals surface area contributed by atoms with E-state index in [1.165, 1.54) is 6.07 Å². The molecule has 1 heterocycles. The number of unbranched alkanes of at least 4 members (excludes halogenated alkanes) is 3. The number of hydrogen-bond donors (Lipinski definition) is 1. The molecule has 3 amide bonds. The zero-order chi connectivity index (χ0) is 16.2. The molecule has 0 aliphatic carbocycles. The van der Waals surface area contributed by atoms with E-state index in [4.69, 9.17) is 0 Å². The molecule has 1 fully saturated rings. The number of rotatable bonds is 7. The molecule has 0 radical (unpaired) electrons. The van der Waals surface area contributed by atoms with Gasteiger partial charge in [0.1, 0.15) is 11.4 Å². The van der Waals surface area contributed by atoms with E-state index in [0.717, 1.165) is 30.6 Å². The summed E-state index contributed by atoms with van der Waals surface area (Å²) < 4.78 is 13.7. The SMILES string of the molecule is CCCCCCC1(C)NC(=O)N(Cc2ccccc2F)C1=O. The molecule has 4 nitrogen and oxygen atoms in total. The first kappa shape index (κ1) is 16.5. The number of nitrogens with zero attached hydrogens (tertiary/aromatic N) is 1. The number of halogens is 1. The molecule has 0 saturated carbocycles. The third-order valence-electron chi connectivity index (χ3n) is 4.16. The van der Waals surface area contributed by atoms with Crippen molar-refractivity contribution in [3.05, 3.63) is 35.6 Å². The molecule has 1 saturated heterocycles. The minimum Gasteiger partial charge on any atom is -0.323 e. The summed E-state index contributed by atoms with van der Waals surface area (Å²) in [5.41, 5.74) is -0.517. The van der Waals surface area contributed by atoms with Crippen LogP contribution < -0.4 is 5.32 Å². The highest BCUT2D eigenvalue weighted by molar-refractivity contribution is 6.06. The van der Waals surface area contributed by atoms with Crippen LogP contribution in [-0.2, 0) is 11.3 Å². The first-order valence-electron chi connectivity index (χ1n) is 7.85. The van der Waals surface area contributed by atoms with Crippen LogP contribution in [0.4, 0.5) is 9.18 Å². The zero-order valence-electron chi connectivity index (χ0n) is 13.2. The summed E-state index contributed by atoms with van der Waals surface area (Å²) >= 11 is 0. The maximum atomic E-state index is 13.7. The third kappa shape index (κ3) is 3.46. The Hall–Kier alpha value is -1.91. The Balaban J connectivity index is 2.03. The van der Waals surface area contributed by atoms with Gasteiger partial charge in [-0.1, -0.05) is 50.8 Å². The van der Waals surface area contributed by atoms with E-state index in [1.807, 2.05) is 0 Å². The van der Waals surface area contributed by atoms with Crippen LogP contribution in [0.2, 0.25) is 0 Å². The number of amides is 3. The highest BCUT2D eigenvalue weighted by atomic mass is 19.1. The lowest BCUT2D eigenvalue weighted by atomic mass is 9.94. The van der Waals surface area contributed by atoms with Crippen molar-refractivity contribution < 1.29 is 14.0 Å². The predicted octanol–water partition coefficient (Wildman–Crippen LogP) is 3.61. The molecule has 0 bridgehead atoms. The Bertz CT molecular complexity index is 561. The quantitative estimate of drug-likeness (QED) is 0.618. The average Bonchev–Trinajstić information content (AvgIpc) is 2.70. The number of urea groups is 1. The highest BCUT2D eigenvalue weighted by Gasteiger charge is 2.47. The molecule has 1 unspecified atom stereocenters. The van der Waals surface area contributed by atoms with Crippen LogP contribution in [0.1, 0.15) is 51.5 Å². The number of carbonyl (C=O) groups is 2. The average molecular weight is 306 g/mol. The molecule has 5 heteroatoms. The Morgan fingerprint density at radius 2 is 1.91 bits per heavy atom. The second kappa shape index (κ2) is 6.90. The summed E-state index contributed by atoms with van der Waals surface area (Å²) in [6.45, 7) is 3.85. The van der Waals surface area contributed by atoms with Crippen LogP contribution in [-0.4, -0.2) is 22.4 Å². The molecule has 1 atom stereocenters. The van der Waals surface area contributed by atoms with Gasteiger partial charge in [-0.25, -0.2) is 9.18 Å². The van der Waals surface area contributed by atoms with Crippen molar-refractivity contribution in [1.29, 1.82) is 0 Å². The van der Waals surface area contributed by atoms with E-state index >= 15 is 0 Å². The van der Waals surface area contributed by atoms with Crippen molar-refractivity contribution in [3.8, 4) is 0 Å². The summed E-state index contributed by atoms with van der Waals surface area (Å²) in [5, 5.41) is 2.76. The number of hydrogen-bond acceptors (Lipinski definition) is 2. The second-order valence-corrected chi connectivity index (χ2v) is 6.06. The van der Waals surface area contributed by atoms with Crippen molar-refractivity contribution in [2.45, 2.75) is 58.0 Å². The third-order valence-corrected chi connectivity index (χ3v) is 4.16. The number of carbonyl (C=O) groups excluding carboxylic acids is 2. The van der Waals surface area contributed by atoms with Gasteiger partial charge in [0.25, 0.3) is 5.91 Å². The summed E-state index contributed by atoms with van der Waals surface area (Å²) in [7, 11) is 0. The minimum atomic E-state index is -0.865. The largest absolute Gasteiger partial charge is 0.325 e. The smallest absolute Gasteiger partial charge is 0.323 e. The fourth-order valence-electron chi connectivity index (χ4n) is 2.76. The van der Waals surface area contributed by atoms with Crippen molar-refractivity contribution in [3.63, 3.8) is 0 Å². The van der Waals surface area contributed by atoms with Gasteiger partial charge in [-0.05, 0) is 19.4 Å². The number of benzene rings is 1. The van der Waals surface area contributed by atoms with Crippen molar-refractivity contribution >= 4 is 11.9 Å². The molecule has 0 aromatic heterocycles. The topological polar surface area (TPSA) is 49.4 Å². The molecular formula is C17H23FN2O2. The van der Waals surface area contributed by atoms with Crippen LogP contribution in [0, 0.1) is 5.82 Å². The lowest BCUT2D eigenvalue weighted by Crippen LogP contribution is -2.43. The maximum absolute atomic E-state index is 13.7. The van der Waals surface area contributed by atoms with Crippen LogP contribution in [0.3, 0.4) is 0 Å². The van der Waals surface area contributed by atoms with Gasteiger partial charge in [0.05, 0.1) is 6.54 Å². The van der Waals surface area contributed by atoms with E-state index in [2.05, 4.69) is 12.2 Å². The zero-order valence-corrected chi connectivity index (χ0v) is 13.2. The molecule has 1 aromatic rings. The van der Waals surface area contributed by atoms with Gasteiger partial charge in [-0.15, -0.1) is 0 Å². The first-order valence-corrected chi connectivity index (χ1v) is 7.85. The fourth-order valence-corrected chi connectivity index (χ4v) is 2.76. The summed E-state index contributed by atoms with van der Waals surface area (Å²) in [5.74, 6) is -0.670. The Morgan fingerprint density at radius 3 is 2.59 bits per heavy atom. The van der Waals surface area contributed by atoms with Crippen LogP contribution in [0.25, 0.3) is 0 Å². The van der Waals surface area contributed by atoms with Crippen molar-refractivity contribution in [2.24, 2.45) is 0 Å². The van der Waals surface area contributed by atoms with Crippen molar-refractivity contribution in [1.82, 2.24) is 10.2 Å². The first-order chi connectivity index (χ1) is 10.5. The molecule has 0 spiro atoms. The van der Waals surface area contributed by atoms with E-state index in [-0.39, 0.29) is 12.5 Å². The van der Waals surface area contributed by atoms with Crippen LogP contribution in [0.15, 0.2) is 24.3 Å². The number of imide groups is 1. The highest BCUT2D eigenvalue weighted by Crippen LogP contribution is 2.25. The maximum Gasteiger partial charge on any atom is 0.325 e. The standard InChI is InChI=1S/C17H23FN2O2/c1-3-4-5-8-11-17(2)15(21)20(16(22)19-17)12-13-9-6-7-10-14(13)18/h6-7,9-10H,3-5,8,11-12H2,1-2H3,(H,19,22). The molecule has 1 aliphatic rings. The summed E-state index contributed by atoms with van der Waals surface area (Å²) in [4.78, 5) is 25.7. The second-order valence-electron chi connectivity index (χ2n) is 6.06. The lowest BCUT2D eigenvalue weighted by Gasteiger charge is -2.21. The van der Waals surface area contributed by atoms with E-state index in [9.17, 15) is 14.0 Å².